The minimum Gasteiger partial charge on any atom is -0.429 e. The van der Waals surface area contributed by atoms with Crippen molar-refractivity contribution >= 4 is 10.8 Å². The first kappa shape index (κ1) is 23.8. The van der Waals surface area contributed by atoms with Crippen LogP contribution in [0.5, 0.6) is 5.75 Å². The van der Waals surface area contributed by atoms with E-state index in [2.05, 4.69) is 48.1 Å². The molecule has 4 aromatic carbocycles. The van der Waals surface area contributed by atoms with Crippen LogP contribution in [-0.4, -0.2) is 6.61 Å². The number of ether oxygens (including phenoxy) is 1. The van der Waals surface area contributed by atoms with Gasteiger partial charge >= 0.3 is 6.61 Å². The highest BCUT2D eigenvalue weighted by atomic mass is 19.3. The molecule has 4 rings (SSSR count). The van der Waals surface area contributed by atoms with Gasteiger partial charge in [-0.05, 0) is 69.6 Å². The Morgan fingerprint density at radius 1 is 0.647 bits per heavy atom. The van der Waals surface area contributed by atoms with E-state index in [4.69, 9.17) is 0 Å². The van der Waals surface area contributed by atoms with Crippen LogP contribution < -0.4 is 4.74 Å². The molecule has 0 atom stereocenters. The fourth-order valence-electron chi connectivity index (χ4n) is 4.17. The Kier molecular flexibility index (Phi) is 7.51. The number of alkyl halides is 2. The maximum absolute atomic E-state index is 14.1. The lowest BCUT2D eigenvalue weighted by atomic mass is 9.97. The van der Waals surface area contributed by atoms with Crippen LogP contribution >= 0.6 is 0 Å². The summed E-state index contributed by atoms with van der Waals surface area (Å²) in [6.45, 7) is -1.08. The van der Waals surface area contributed by atoms with Gasteiger partial charge in [0.1, 0.15) is 0 Å². The van der Waals surface area contributed by atoms with Crippen molar-refractivity contribution in [3.63, 3.8) is 0 Å². The summed E-state index contributed by atoms with van der Waals surface area (Å²) in [5, 5.41) is 2.35. The van der Waals surface area contributed by atoms with Gasteiger partial charge in [0.15, 0.2) is 17.4 Å². The largest absolute Gasteiger partial charge is 0.429 e. The number of hydrogen-bond donors (Lipinski definition) is 0. The van der Waals surface area contributed by atoms with Crippen LogP contribution in [-0.2, 0) is 6.42 Å². The van der Waals surface area contributed by atoms with Gasteiger partial charge in [0.25, 0.3) is 0 Å². The number of benzene rings is 4. The summed E-state index contributed by atoms with van der Waals surface area (Å²) >= 11 is 0. The maximum atomic E-state index is 14.1. The molecule has 0 spiro atoms. The van der Waals surface area contributed by atoms with E-state index in [1.165, 1.54) is 36.6 Å². The zero-order valence-electron chi connectivity index (χ0n) is 19.0. The molecule has 0 saturated heterocycles. The topological polar surface area (TPSA) is 9.23 Å². The Morgan fingerprint density at radius 3 is 1.88 bits per heavy atom. The molecule has 5 heteroatoms. The van der Waals surface area contributed by atoms with Crippen LogP contribution in [0.2, 0.25) is 0 Å². The number of hydrogen-bond acceptors (Lipinski definition) is 1. The van der Waals surface area contributed by atoms with E-state index in [0.29, 0.717) is 5.56 Å². The van der Waals surface area contributed by atoms with Gasteiger partial charge in [-0.25, -0.2) is 8.78 Å². The highest BCUT2D eigenvalue weighted by Crippen LogP contribution is 2.32. The van der Waals surface area contributed by atoms with Crippen LogP contribution in [0.4, 0.5) is 17.6 Å². The summed E-state index contributed by atoms with van der Waals surface area (Å²) in [6, 6.07) is 22.1. The van der Waals surface area contributed by atoms with Gasteiger partial charge in [0, 0.05) is 0 Å². The van der Waals surface area contributed by atoms with Gasteiger partial charge in [-0.1, -0.05) is 80.8 Å². The highest BCUT2D eigenvalue weighted by molar-refractivity contribution is 5.88. The Labute approximate surface area is 197 Å². The number of aryl methyl sites for hydroxylation is 1. The van der Waals surface area contributed by atoms with Gasteiger partial charge in [0.2, 0.25) is 0 Å². The van der Waals surface area contributed by atoms with Crippen LogP contribution in [0.1, 0.15) is 38.2 Å². The molecule has 0 aliphatic rings. The summed E-state index contributed by atoms with van der Waals surface area (Å²) in [4.78, 5) is 0. The van der Waals surface area contributed by atoms with Gasteiger partial charge in [-0.15, -0.1) is 0 Å². The highest BCUT2D eigenvalue weighted by Gasteiger charge is 2.17. The third-order valence-electron chi connectivity index (χ3n) is 5.98. The van der Waals surface area contributed by atoms with E-state index in [0.717, 1.165) is 35.1 Å². The number of fused-ring (bicyclic) bond motifs is 1. The molecule has 0 heterocycles. The molecule has 1 nitrogen and oxygen atoms in total. The molecule has 0 fully saturated rings. The van der Waals surface area contributed by atoms with E-state index in [1.54, 1.807) is 12.1 Å². The van der Waals surface area contributed by atoms with Crippen molar-refractivity contribution in [3.8, 4) is 28.0 Å². The molecule has 0 aliphatic heterocycles. The molecule has 176 valence electrons. The molecule has 0 amide bonds. The van der Waals surface area contributed by atoms with Crippen molar-refractivity contribution in [1.29, 1.82) is 0 Å². The smallest absolute Gasteiger partial charge is 0.387 e. The van der Waals surface area contributed by atoms with Crippen LogP contribution in [0.15, 0.2) is 72.8 Å². The van der Waals surface area contributed by atoms with Crippen molar-refractivity contribution in [3.05, 3.63) is 90.0 Å². The molecular formula is C29H26F4O. The Balaban J connectivity index is 1.52. The number of unbranched alkanes of at least 4 members (excludes halogenated alkanes) is 3. The average Bonchev–Trinajstić information content (AvgIpc) is 2.83. The van der Waals surface area contributed by atoms with Gasteiger partial charge < -0.3 is 4.74 Å². The first-order valence-electron chi connectivity index (χ1n) is 11.5. The van der Waals surface area contributed by atoms with Crippen molar-refractivity contribution < 1.29 is 22.3 Å². The first-order chi connectivity index (χ1) is 16.4. The van der Waals surface area contributed by atoms with E-state index in [9.17, 15) is 17.6 Å². The zero-order valence-corrected chi connectivity index (χ0v) is 19.0. The van der Waals surface area contributed by atoms with Crippen LogP contribution in [0, 0.1) is 11.6 Å². The van der Waals surface area contributed by atoms with E-state index in [-0.39, 0.29) is 5.56 Å². The van der Waals surface area contributed by atoms with E-state index in [1.807, 2.05) is 12.1 Å². The third-order valence-corrected chi connectivity index (χ3v) is 5.98. The quantitative estimate of drug-likeness (QED) is 0.176. The summed E-state index contributed by atoms with van der Waals surface area (Å²) in [5.74, 6) is -3.41. The molecule has 34 heavy (non-hydrogen) atoms. The van der Waals surface area contributed by atoms with Crippen LogP contribution in [0.3, 0.4) is 0 Å². The predicted octanol–water partition coefficient (Wildman–Crippen LogP) is 9.18. The van der Waals surface area contributed by atoms with Gasteiger partial charge in [-0.3, -0.25) is 0 Å². The minimum atomic E-state index is -3.30. The molecular weight excluding hydrogens is 440 g/mol. The van der Waals surface area contributed by atoms with E-state index >= 15 is 0 Å². The maximum Gasteiger partial charge on any atom is 0.387 e. The fraction of sp³-hybridized carbons (Fsp3) is 0.241. The van der Waals surface area contributed by atoms with Crippen molar-refractivity contribution in [2.75, 3.05) is 0 Å². The monoisotopic (exact) mass is 466 g/mol. The van der Waals surface area contributed by atoms with Crippen molar-refractivity contribution in [2.24, 2.45) is 0 Å². The minimum absolute atomic E-state index is 0.244. The SMILES string of the molecule is CCCCCCc1ccc2cc(-c3ccc(-c4cc(F)c(OC(F)F)c(F)c4)cc3)ccc2c1. The summed E-state index contributed by atoms with van der Waals surface area (Å²) in [7, 11) is 0. The third kappa shape index (κ3) is 5.58. The molecule has 0 saturated carbocycles. The second kappa shape index (κ2) is 10.7. The number of halogens is 4. The summed E-state index contributed by atoms with van der Waals surface area (Å²) in [5.41, 5.74) is 4.16. The van der Waals surface area contributed by atoms with E-state index < -0.39 is 24.0 Å². The molecule has 0 unspecified atom stereocenters. The molecule has 0 aromatic heterocycles. The molecule has 4 aromatic rings. The van der Waals surface area contributed by atoms with Crippen molar-refractivity contribution in [1.82, 2.24) is 0 Å². The Morgan fingerprint density at radius 2 is 1.24 bits per heavy atom. The molecule has 0 aliphatic carbocycles. The lowest BCUT2D eigenvalue weighted by Gasteiger charge is -2.10. The van der Waals surface area contributed by atoms with Crippen LogP contribution in [0.25, 0.3) is 33.0 Å². The number of rotatable bonds is 9. The predicted molar refractivity (Wildman–Crippen MR) is 129 cm³/mol. The Hall–Kier alpha value is -3.34. The Bertz CT molecular complexity index is 1240. The molecule has 0 bridgehead atoms. The van der Waals surface area contributed by atoms with Gasteiger partial charge in [0.05, 0.1) is 0 Å². The molecule has 0 N–H and O–H groups in total. The standard InChI is InChI=1S/C29H26F4O/c1-2-3-4-5-6-19-7-8-24-16-23(14-13-22(24)15-19)20-9-11-21(12-10-20)25-17-26(30)28(27(31)18-25)34-29(32)33/h7-18,29H,2-6H2,1H3. The first-order valence-corrected chi connectivity index (χ1v) is 11.5. The lowest BCUT2D eigenvalue weighted by Crippen LogP contribution is -2.06. The van der Waals surface area contributed by atoms with Crippen molar-refractivity contribution in [2.45, 2.75) is 45.6 Å². The second-order valence-corrected chi connectivity index (χ2v) is 8.43. The average molecular weight is 467 g/mol. The lowest BCUT2D eigenvalue weighted by molar-refractivity contribution is -0.0546. The fourth-order valence-corrected chi connectivity index (χ4v) is 4.17. The summed E-state index contributed by atoms with van der Waals surface area (Å²) in [6.07, 6.45) is 6.07. The van der Waals surface area contributed by atoms with Gasteiger partial charge in [-0.2, -0.15) is 8.78 Å². The molecule has 0 radical (unpaired) electrons. The normalized spacial score (nSPS) is 11.4. The second-order valence-electron chi connectivity index (χ2n) is 8.43. The summed E-state index contributed by atoms with van der Waals surface area (Å²) < 4.78 is 56.8. The zero-order chi connectivity index (χ0) is 24.1.